The third-order valence-corrected chi connectivity index (χ3v) is 4.91. The first-order valence-corrected chi connectivity index (χ1v) is 8.16. The molecule has 3 unspecified atom stereocenters. The summed E-state index contributed by atoms with van der Waals surface area (Å²) in [6, 6.07) is 0.669. The van der Waals surface area contributed by atoms with Crippen molar-refractivity contribution in [3.05, 3.63) is 0 Å². The first-order chi connectivity index (χ1) is 9.83. The third kappa shape index (κ3) is 3.51. The van der Waals surface area contributed by atoms with Gasteiger partial charge in [-0.15, -0.1) is 0 Å². The van der Waals surface area contributed by atoms with Gasteiger partial charge in [0.2, 0.25) is 5.91 Å². The number of piperidine rings is 1. The maximum absolute atomic E-state index is 12.0. The van der Waals surface area contributed by atoms with Crippen LogP contribution in [0.1, 0.15) is 32.1 Å². The first-order valence-electron chi connectivity index (χ1n) is 8.16. The minimum absolute atomic E-state index is 0.0536. The predicted octanol–water partition coefficient (Wildman–Crippen LogP) is 0.356. The monoisotopic (exact) mass is 281 g/mol. The van der Waals surface area contributed by atoms with E-state index in [9.17, 15) is 4.79 Å². The van der Waals surface area contributed by atoms with E-state index in [4.69, 9.17) is 4.74 Å². The number of hydrogen-bond acceptors (Lipinski definition) is 4. The number of likely N-dealkylation sites (tertiary alicyclic amines) is 1. The SMILES string of the molecule is O=C(NCC1CCCN(C2CCOC2)C1)C1CCCN1. The van der Waals surface area contributed by atoms with E-state index < -0.39 is 0 Å². The van der Waals surface area contributed by atoms with E-state index in [0.717, 1.165) is 45.7 Å². The van der Waals surface area contributed by atoms with Gasteiger partial charge in [0.25, 0.3) is 0 Å². The Balaban J connectivity index is 1.41. The minimum atomic E-state index is 0.0536. The molecule has 0 bridgehead atoms. The van der Waals surface area contributed by atoms with Gasteiger partial charge < -0.3 is 15.4 Å². The average molecular weight is 281 g/mol. The Kier molecular flexibility index (Phi) is 4.91. The lowest BCUT2D eigenvalue weighted by atomic mass is 9.96. The van der Waals surface area contributed by atoms with E-state index in [2.05, 4.69) is 15.5 Å². The van der Waals surface area contributed by atoms with Gasteiger partial charge in [0.05, 0.1) is 12.6 Å². The standard InChI is InChI=1S/C15H27N3O2/c19-15(14-4-1-6-16-14)17-9-12-3-2-7-18(10-12)13-5-8-20-11-13/h12-14,16H,1-11H2,(H,17,19). The Morgan fingerprint density at radius 1 is 1.30 bits per heavy atom. The van der Waals surface area contributed by atoms with Crippen LogP contribution in [0.15, 0.2) is 0 Å². The van der Waals surface area contributed by atoms with Gasteiger partial charge in [0.1, 0.15) is 0 Å². The van der Waals surface area contributed by atoms with E-state index in [1.807, 2.05) is 0 Å². The molecule has 0 aliphatic carbocycles. The molecule has 114 valence electrons. The number of nitrogens with zero attached hydrogens (tertiary/aromatic N) is 1. The highest BCUT2D eigenvalue weighted by Crippen LogP contribution is 2.21. The van der Waals surface area contributed by atoms with Crippen LogP contribution in [0, 0.1) is 5.92 Å². The van der Waals surface area contributed by atoms with Crippen LogP contribution in [0.4, 0.5) is 0 Å². The molecule has 5 heteroatoms. The van der Waals surface area contributed by atoms with Crippen LogP contribution < -0.4 is 10.6 Å². The molecule has 1 amide bonds. The maximum Gasteiger partial charge on any atom is 0.237 e. The summed E-state index contributed by atoms with van der Waals surface area (Å²) in [7, 11) is 0. The maximum atomic E-state index is 12.0. The molecule has 0 aromatic heterocycles. The third-order valence-electron chi connectivity index (χ3n) is 4.91. The molecule has 3 fully saturated rings. The fourth-order valence-corrected chi connectivity index (χ4v) is 3.68. The van der Waals surface area contributed by atoms with Gasteiger partial charge >= 0.3 is 0 Å². The van der Waals surface area contributed by atoms with Crippen molar-refractivity contribution in [3.8, 4) is 0 Å². The first kappa shape index (κ1) is 14.3. The number of amides is 1. The Bertz CT molecular complexity index is 325. The Labute approximate surface area is 121 Å². The molecule has 3 saturated heterocycles. The zero-order valence-electron chi connectivity index (χ0n) is 12.3. The molecule has 3 rings (SSSR count). The highest BCUT2D eigenvalue weighted by Gasteiger charge is 2.29. The number of nitrogens with one attached hydrogen (secondary N) is 2. The molecule has 2 N–H and O–H groups in total. The molecule has 5 nitrogen and oxygen atoms in total. The summed E-state index contributed by atoms with van der Waals surface area (Å²) in [6.07, 6.45) is 5.77. The molecule has 0 aromatic rings. The molecule has 0 spiro atoms. The molecule has 20 heavy (non-hydrogen) atoms. The summed E-state index contributed by atoms with van der Waals surface area (Å²) in [6.45, 7) is 5.94. The average Bonchev–Trinajstić information content (AvgIpc) is 3.17. The van der Waals surface area contributed by atoms with Gasteiger partial charge in [-0.1, -0.05) is 0 Å². The highest BCUT2D eigenvalue weighted by molar-refractivity contribution is 5.81. The normalized spacial score (nSPS) is 35.3. The number of carbonyl (C=O) groups excluding carboxylic acids is 1. The summed E-state index contributed by atoms with van der Waals surface area (Å²) in [5.41, 5.74) is 0. The minimum Gasteiger partial charge on any atom is -0.380 e. The number of ether oxygens (including phenoxy) is 1. The summed E-state index contributed by atoms with van der Waals surface area (Å²) in [5.74, 6) is 0.804. The highest BCUT2D eigenvalue weighted by atomic mass is 16.5. The summed E-state index contributed by atoms with van der Waals surface area (Å²) in [4.78, 5) is 14.6. The predicted molar refractivity (Wildman–Crippen MR) is 77.6 cm³/mol. The second-order valence-electron chi connectivity index (χ2n) is 6.41. The zero-order chi connectivity index (χ0) is 13.8. The van der Waals surface area contributed by atoms with Crippen molar-refractivity contribution in [2.75, 3.05) is 39.4 Å². The molecule has 3 aliphatic rings. The van der Waals surface area contributed by atoms with Crippen LogP contribution in [0.5, 0.6) is 0 Å². The van der Waals surface area contributed by atoms with Crippen LogP contribution in [-0.2, 0) is 9.53 Å². The summed E-state index contributed by atoms with van der Waals surface area (Å²) >= 11 is 0. The fraction of sp³-hybridized carbons (Fsp3) is 0.933. The summed E-state index contributed by atoms with van der Waals surface area (Å²) in [5, 5.41) is 6.40. The van der Waals surface area contributed by atoms with Gasteiger partial charge in [-0.3, -0.25) is 9.69 Å². The van der Waals surface area contributed by atoms with Crippen molar-refractivity contribution in [1.82, 2.24) is 15.5 Å². The molecule has 3 heterocycles. The van der Waals surface area contributed by atoms with E-state index in [-0.39, 0.29) is 11.9 Å². The van der Waals surface area contributed by atoms with Crippen LogP contribution in [0.2, 0.25) is 0 Å². The van der Waals surface area contributed by atoms with Crippen LogP contribution >= 0.6 is 0 Å². The summed E-state index contributed by atoms with van der Waals surface area (Å²) < 4.78 is 5.49. The smallest absolute Gasteiger partial charge is 0.237 e. The van der Waals surface area contributed by atoms with Crippen LogP contribution in [-0.4, -0.2) is 62.3 Å². The van der Waals surface area contributed by atoms with E-state index >= 15 is 0 Å². The van der Waals surface area contributed by atoms with E-state index in [0.29, 0.717) is 12.0 Å². The van der Waals surface area contributed by atoms with Crippen LogP contribution in [0.25, 0.3) is 0 Å². The van der Waals surface area contributed by atoms with Crippen molar-refractivity contribution in [3.63, 3.8) is 0 Å². The number of rotatable bonds is 4. The Morgan fingerprint density at radius 3 is 3.00 bits per heavy atom. The van der Waals surface area contributed by atoms with E-state index in [1.54, 1.807) is 0 Å². The van der Waals surface area contributed by atoms with Gasteiger partial charge in [-0.05, 0) is 51.1 Å². The molecule has 0 radical (unpaired) electrons. The molecular formula is C15H27N3O2. The molecule has 0 saturated carbocycles. The Hall–Kier alpha value is -0.650. The van der Waals surface area contributed by atoms with Gasteiger partial charge in [-0.25, -0.2) is 0 Å². The fourth-order valence-electron chi connectivity index (χ4n) is 3.68. The van der Waals surface area contributed by atoms with Crippen molar-refractivity contribution >= 4 is 5.91 Å². The molecular weight excluding hydrogens is 254 g/mol. The lowest BCUT2D eigenvalue weighted by molar-refractivity contribution is -0.123. The van der Waals surface area contributed by atoms with Gasteiger partial charge in [-0.2, -0.15) is 0 Å². The second-order valence-corrected chi connectivity index (χ2v) is 6.41. The lowest BCUT2D eigenvalue weighted by Crippen LogP contribution is -2.48. The zero-order valence-corrected chi connectivity index (χ0v) is 12.3. The van der Waals surface area contributed by atoms with Crippen molar-refractivity contribution in [2.45, 2.75) is 44.2 Å². The molecule has 3 aliphatic heterocycles. The molecule has 3 atom stereocenters. The van der Waals surface area contributed by atoms with E-state index in [1.165, 1.54) is 25.8 Å². The largest absolute Gasteiger partial charge is 0.380 e. The quantitative estimate of drug-likeness (QED) is 0.781. The van der Waals surface area contributed by atoms with Crippen molar-refractivity contribution < 1.29 is 9.53 Å². The van der Waals surface area contributed by atoms with Crippen molar-refractivity contribution in [1.29, 1.82) is 0 Å². The van der Waals surface area contributed by atoms with Gasteiger partial charge in [0, 0.05) is 25.7 Å². The number of carbonyl (C=O) groups is 1. The Morgan fingerprint density at radius 2 is 2.25 bits per heavy atom. The van der Waals surface area contributed by atoms with Crippen LogP contribution in [0.3, 0.4) is 0 Å². The van der Waals surface area contributed by atoms with Gasteiger partial charge in [0.15, 0.2) is 0 Å². The number of hydrogen-bond donors (Lipinski definition) is 2. The topological polar surface area (TPSA) is 53.6 Å². The molecule has 0 aromatic carbocycles. The second kappa shape index (κ2) is 6.87. The van der Waals surface area contributed by atoms with Crippen molar-refractivity contribution in [2.24, 2.45) is 5.92 Å². The lowest BCUT2D eigenvalue weighted by Gasteiger charge is -2.36.